The third kappa shape index (κ3) is 3.77. The lowest BCUT2D eigenvalue weighted by molar-refractivity contribution is 1.14. The van der Waals surface area contributed by atoms with Crippen molar-refractivity contribution in [2.24, 2.45) is 0 Å². The zero-order chi connectivity index (χ0) is 26.5. The fourth-order valence-corrected chi connectivity index (χ4v) is 6.20. The molecule has 8 aromatic rings. The third-order valence-electron chi connectivity index (χ3n) is 7.25. The average Bonchev–Trinajstić information content (AvgIpc) is 3.61. The largest absolute Gasteiger partial charge is 0.308 e. The lowest BCUT2D eigenvalue weighted by Gasteiger charge is -2.09. The first-order chi connectivity index (χ1) is 19.8. The molecule has 0 aliphatic heterocycles. The standard InChI is InChI=1S/C34H21N5S/c1-3-7-22(8-4-1)24-11-15-30-27(19-24)28-20-25(23-9-5-2-6-10-23)12-16-31(28)39(30)26-13-14-29(37-21-26)33-38-32-34(40-33)36-18-17-35-32/h1-21H. The van der Waals surface area contributed by atoms with Crippen molar-refractivity contribution in [3.05, 3.63) is 128 Å². The summed E-state index contributed by atoms with van der Waals surface area (Å²) in [4.78, 5) is 18.9. The molecule has 0 bridgehead atoms. The second kappa shape index (κ2) is 9.22. The van der Waals surface area contributed by atoms with E-state index in [1.54, 1.807) is 12.4 Å². The minimum atomic E-state index is 0.652. The van der Waals surface area contributed by atoms with E-state index in [0.29, 0.717) is 5.65 Å². The van der Waals surface area contributed by atoms with Crippen molar-refractivity contribution >= 4 is 43.6 Å². The molecule has 0 aliphatic rings. The van der Waals surface area contributed by atoms with E-state index < -0.39 is 0 Å². The minimum absolute atomic E-state index is 0.652. The van der Waals surface area contributed by atoms with Crippen LogP contribution in [0.2, 0.25) is 0 Å². The summed E-state index contributed by atoms with van der Waals surface area (Å²) in [6.07, 6.45) is 5.28. The number of hydrogen-bond donors (Lipinski definition) is 0. The maximum Gasteiger partial charge on any atom is 0.190 e. The molecule has 0 N–H and O–H groups in total. The fourth-order valence-electron chi connectivity index (χ4n) is 5.35. The molecule has 0 spiro atoms. The van der Waals surface area contributed by atoms with E-state index in [-0.39, 0.29) is 0 Å². The Kier molecular flexibility index (Phi) is 5.24. The van der Waals surface area contributed by atoms with E-state index in [4.69, 9.17) is 4.98 Å². The number of thiazole rings is 1. The Hall–Kier alpha value is -5.20. The zero-order valence-electron chi connectivity index (χ0n) is 21.3. The second-order valence-corrected chi connectivity index (χ2v) is 10.6. The number of hydrogen-bond acceptors (Lipinski definition) is 5. The summed E-state index contributed by atoms with van der Waals surface area (Å²) in [7, 11) is 0. The van der Waals surface area contributed by atoms with Crippen LogP contribution in [0.25, 0.3) is 70.9 Å². The van der Waals surface area contributed by atoms with Gasteiger partial charge in [0.15, 0.2) is 10.5 Å². The average molecular weight is 532 g/mol. The third-order valence-corrected chi connectivity index (χ3v) is 8.23. The molecular formula is C34H21N5S. The van der Waals surface area contributed by atoms with Crippen LogP contribution >= 0.6 is 11.3 Å². The van der Waals surface area contributed by atoms with Crippen molar-refractivity contribution < 1.29 is 0 Å². The molecule has 5 nitrogen and oxygen atoms in total. The number of aromatic nitrogens is 5. The molecule has 188 valence electrons. The van der Waals surface area contributed by atoms with E-state index in [2.05, 4.69) is 123 Å². The number of benzene rings is 4. The Morgan fingerprint density at radius 3 is 1.75 bits per heavy atom. The molecule has 4 aromatic heterocycles. The number of rotatable bonds is 4. The van der Waals surface area contributed by atoms with Gasteiger partial charge in [-0.05, 0) is 58.7 Å². The summed E-state index contributed by atoms with van der Waals surface area (Å²) >= 11 is 1.50. The van der Waals surface area contributed by atoms with Crippen LogP contribution in [-0.2, 0) is 0 Å². The monoisotopic (exact) mass is 531 g/mol. The molecule has 0 aliphatic carbocycles. The fraction of sp³-hybridized carbons (Fsp3) is 0. The van der Waals surface area contributed by atoms with E-state index in [1.165, 1.54) is 44.4 Å². The smallest absolute Gasteiger partial charge is 0.190 e. The van der Waals surface area contributed by atoms with Crippen LogP contribution in [0.1, 0.15) is 0 Å². The summed E-state index contributed by atoms with van der Waals surface area (Å²) < 4.78 is 2.30. The van der Waals surface area contributed by atoms with Crippen LogP contribution in [0.5, 0.6) is 0 Å². The molecule has 0 saturated carbocycles. The second-order valence-electron chi connectivity index (χ2n) is 9.64. The Morgan fingerprint density at radius 1 is 0.550 bits per heavy atom. The molecule has 4 heterocycles. The number of nitrogens with zero attached hydrogens (tertiary/aromatic N) is 5. The molecule has 0 fully saturated rings. The maximum atomic E-state index is 4.82. The highest BCUT2D eigenvalue weighted by Crippen LogP contribution is 2.37. The Bertz CT molecular complexity index is 2020. The molecule has 8 rings (SSSR count). The number of pyridine rings is 1. The van der Waals surface area contributed by atoms with Gasteiger partial charge in [-0.15, -0.1) is 0 Å². The molecule has 4 aromatic carbocycles. The topological polar surface area (TPSA) is 56.5 Å². The minimum Gasteiger partial charge on any atom is -0.308 e. The van der Waals surface area contributed by atoms with Crippen LogP contribution in [0.15, 0.2) is 128 Å². The van der Waals surface area contributed by atoms with Crippen molar-refractivity contribution in [2.45, 2.75) is 0 Å². The first-order valence-electron chi connectivity index (χ1n) is 13.1. The predicted octanol–water partition coefficient (Wildman–Crippen LogP) is 8.58. The van der Waals surface area contributed by atoms with Crippen LogP contribution in [0.4, 0.5) is 0 Å². The molecule has 0 saturated heterocycles. The first-order valence-corrected chi connectivity index (χ1v) is 13.9. The SMILES string of the molecule is c1ccc(-c2ccc3c(c2)c2cc(-c4ccccc4)ccc2n3-c2ccc(-c3nc4nccnc4s3)nc2)cc1. The summed E-state index contributed by atoms with van der Waals surface area (Å²) in [6.45, 7) is 0. The van der Waals surface area contributed by atoms with E-state index in [9.17, 15) is 0 Å². The van der Waals surface area contributed by atoms with Gasteiger partial charge in [-0.2, -0.15) is 0 Å². The lowest BCUT2D eigenvalue weighted by atomic mass is 10.0. The van der Waals surface area contributed by atoms with Crippen LogP contribution in [0, 0.1) is 0 Å². The van der Waals surface area contributed by atoms with Gasteiger partial charge in [-0.25, -0.2) is 15.0 Å². The summed E-state index contributed by atoms with van der Waals surface area (Å²) in [5.41, 5.74) is 9.55. The molecule has 40 heavy (non-hydrogen) atoms. The van der Waals surface area contributed by atoms with Crippen molar-refractivity contribution in [1.82, 2.24) is 24.5 Å². The van der Waals surface area contributed by atoms with Gasteiger partial charge in [0.25, 0.3) is 0 Å². The van der Waals surface area contributed by atoms with Crippen molar-refractivity contribution in [1.29, 1.82) is 0 Å². The highest BCUT2D eigenvalue weighted by atomic mass is 32.1. The van der Waals surface area contributed by atoms with Gasteiger partial charge in [-0.1, -0.05) is 84.1 Å². The molecule has 0 unspecified atom stereocenters. The van der Waals surface area contributed by atoms with Gasteiger partial charge < -0.3 is 4.57 Å². The van der Waals surface area contributed by atoms with Crippen LogP contribution in [0.3, 0.4) is 0 Å². The highest BCUT2D eigenvalue weighted by molar-refractivity contribution is 7.21. The Balaban J connectivity index is 1.31. The molecule has 6 heteroatoms. The Labute approximate surface area is 234 Å². The summed E-state index contributed by atoms with van der Waals surface area (Å²) in [6, 6.07) is 38.7. The van der Waals surface area contributed by atoms with Crippen molar-refractivity contribution in [3.8, 4) is 38.6 Å². The normalized spacial score (nSPS) is 11.5. The summed E-state index contributed by atoms with van der Waals surface area (Å²) in [5.74, 6) is 0. The van der Waals surface area contributed by atoms with E-state index >= 15 is 0 Å². The van der Waals surface area contributed by atoms with Gasteiger partial charge >= 0.3 is 0 Å². The quantitative estimate of drug-likeness (QED) is 0.228. The zero-order valence-corrected chi connectivity index (χ0v) is 22.1. The Morgan fingerprint density at radius 2 is 1.18 bits per heavy atom. The van der Waals surface area contributed by atoms with E-state index in [1.807, 2.05) is 12.3 Å². The van der Waals surface area contributed by atoms with Crippen LogP contribution < -0.4 is 0 Å². The molecule has 0 radical (unpaired) electrons. The molecular weight excluding hydrogens is 510 g/mol. The number of fused-ring (bicyclic) bond motifs is 4. The van der Waals surface area contributed by atoms with Gasteiger partial charge in [0.05, 0.1) is 28.6 Å². The van der Waals surface area contributed by atoms with Gasteiger partial charge in [0, 0.05) is 23.2 Å². The van der Waals surface area contributed by atoms with Crippen molar-refractivity contribution in [2.75, 3.05) is 0 Å². The lowest BCUT2D eigenvalue weighted by Crippen LogP contribution is -1.95. The van der Waals surface area contributed by atoms with Crippen molar-refractivity contribution in [3.63, 3.8) is 0 Å². The molecule has 0 amide bonds. The van der Waals surface area contributed by atoms with E-state index in [0.717, 1.165) is 32.3 Å². The van der Waals surface area contributed by atoms with Crippen LogP contribution in [-0.4, -0.2) is 24.5 Å². The van der Waals surface area contributed by atoms with Gasteiger partial charge in [0.1, 0.15) is 5.01 Å². The molecule has 0 atom stereocenters. The highest BCUT2D eigenvalue weighted by Gasteiger charge is 2.16. The van der Waals surface area contributed by atoms with Gasteiger partial charge in [0.2, 0.25) is 0 Å². The van der Waals surface area contributed by atoms with Gasteiger partial charge in [-0.3, -0.25) is 4.98 Å². The maximum absolute atomic E-state index is 4.82. The first kappa shape index (κ1) is 22.8. The summed E-state index contributed by atoms with van der Waals surface area (Å²) in [5, 5.41) is 3.23. The predicted molar refractivity (Wildman–Crippen MR) is 164 cm³/mol.